The number of aliphatic hydroxyl groups excluding tert-OH is 1. The maximum Gasteiger partial charge on any atom is 0.230 e. The van der Waals surface area contributed by atoms with Crippen molar-refractivity contribution in [1.82, 2.24) is 4.98 Å². The number of hydrogen-bond donors (Lipinski definition) is 3. The van der Waals surface area contributed by atoms with E-state index in [1.807, 2.05) is 49.4 Å². The quantitative estimate of drug-likeness (QED) is 0.535. The first-order chi connectivity index (χ1) is 15.4. The zero-order valence-electron chi connectivity index (χ0n) is 18.0. The van der Waals surface area contributed by atoms with Crippen LogP contribution in [0.5, 0.6) is 11.5 Å². The molecule has 0 spiro atoms. The molecule has 0 fully saturated rings. The molecule has 2 atom stereocenters. The van der Waals surface area contributed by atoms with Crippen LogP contribution in [0.25, 0.3) is 0 Å². The van der Waals surface area contributed by atoms with Gasteiger partial charge in [0, 0.05) is 24.9 Å². The number of nitrogens with one attached hydrogen (secondary N) is 2. The number of carbonyl (C=O) groups excluding carboxylic acids is 2. The SMILES string of the molecule is C.CC(=O)Nc1cc(Oc2ccc3c(c2)CC(C(=O)Nc2cccc(C)c2)C(O)C3)ccn1. The molecule has 7 heteroatoms. The minimum Gasteiger partial charge on any atom is -0.457 e. The maximum atomic E-state index is 12.9. The molecule has 1 aromatic heterocycles. The molecule has 33 heavy (non-hydrogen) atoms. The molecule has 4 rings (SSSR count). The van der Waals surface area contributed by atoms with Gasteiger partial charge in [0.15, 0.2) is 0 Å². The molecule has 0 aliphatic heterocycles. The minimum absolute atomic E-state index is 0. The van der Waals surface area contributed by atoms with E-state index in [9.17, 15) is 14.7 Å². The highest BCUT2D eigenvalue weighted by molar-refractivity contribution is 5.93. The van der Waals surface area contributed by atoms with Crippen molar-refractivity contribution in [3.63, 3.8) is 0 Å². The molecular weight excluding hydrogens is 418 g/mol. The Hall–Kier alpha value is -3.71. The van der Waals surface area contributed by atoms with Gasteiger partial charge in [0.1, 0.15) is 17.3 Å². The standard InChI is InChI=1S/C25H25N3O4.CH4/c1-15-4-3-5-19(10-15)28-25(31)22-12-18-11-20(7-6-17(18)13-23(22)30)32-21-8-9-26-24(14-21)27-16(2)29;/h3-11,14,22-23,30H,12-13H2,1-2H3,(H,28,31)(H,26,27,29);1H4. The molecule has 2 amide bonds. The summed E-state index contributed by atoms with van der Waals surface area (Å²) in [5.41, 5.74) is 3.74. The van der Waals surface area contributed by atoms with E-state index in [-0.39, 0.29) is 19.2 Å². The molecule has 7 nitrogen and oxygen atoms in total. The third-order valence-corrected chi connectivity index (χ3v) is 5.40. The fourth-order valence-corrected chi connectivity index (χ4v) is 3.88. The summed E-state index contributed by atoms with van der Waals surface area (Å²) in [6, 6.07) is 16.6. The predicted octanol–water partition coefficient (Wildman–Crippen LogP) is 4.49. The van der Waals surface area contributed by atoms with Crippen LogP contribution in [0.2, 0.25) is 0 Å². The number of aryl methyl sites for hydroxylation is 1. The van der Waals surface area contributed by atoms with Gasteiger partial charge in [-0.15, -0.1) is 0 Å². The second-order valence-corrected chi connectivity index (χ2v) is 8.03. The first-order valence-electron chi connectivity index (χ1n) is 10.5. The molecule has 2 aromatic carbocycles. The number of benzene rings is 2. The molecule has 0 saturated heterocycles. The van der Waals surface area contributed by atoms with Crippen molar-refractivity contribution >= 4 is 23.3 Å². The van der Waals surface area contributed by atoms with Gasteiger partial charge in [0.2, 0.25) is 11.8 Å². The Labute approximate surface area is 193 Å². The minimum atomic E-state index is -0.750. The van der Waals surface area contributed by atoms with E-state index in [0.29, 0.717) is 30.2 Å². The van der Waals surface area contributed by atoms with Gasteiger partial charge in [-0.1, -0.05) is 25.6 Å². The highest BCUT2D eigenvalue weighted by atomic mass is 16.5. The number of ether oxygens (including phenoxy) is 1. The molecule has 172 valence electrons. The summed E-state index contributed by atoms with van der Waals surface area (Å²) in [6.07, 6.45) is 1.63. The van der Waals surface area contributed by atoms with Gasteiger partial charge in [-0.05, 0) is 66.8 Å². The highest BCUT2D eigenvalue weighted by Crippen LogP contribution is 2.32. The zero-order chi connectivity index (χ0) is 22.7. The van der Waals surface area contributed by atoms with Crippen LogP contribution < -0.4 is 15.4 Å². The predicted molar refractivity (Wildman–Crippen MR) is 129 cm³/mol. The molecule has 0 radical (unpaired) electrons. The Bertz CT molecular complexity index is 1160. The summed E-state index contributed by atoms with van der Waals surface area (Å²) in [4.78, 5) is 28.2. The average Bonchev–Trinajstić information content (AvgIpc) is 2.73. The second-order valence-electron chi connectivity index (χ2n) is 8.03. The van der Waals surface area contributed by atoms with E-state index in [1.54, 1.807) is 18.3 Å². The van der Waals surface area contributed by atoms with E-state index in [1.165, 1.54) is 6.92 Å². The van der Waals surface area contributed by atoms with Crippen LogP contribution in [0.15, 0.2) is 60.8 Å². The van der Waals surface area contributed by atoms with Gasteiger partial charge in [-0.3, -0.25) is 9.59 Å². The third-order valence-electron chi connectivity index (χ3n) is 5.40. The van der Waals surface area contributed by atoms with Gasteiger partial charge >= 0.3 is 0 Å². The lowest BCUT2D eigenvalue weighted by Crippen LogP contribution is -2.39. The fourth-order valence-electron chi connectivity index (χ4n) is 3.88. The average molecular weight is 448 g/mol. The number of hydrogen-bond acceptors (Lipinski definition) is 5. The smallest absolute Gasteiger partial charge is 0.230 e. The van der Waals surface area contributed by atoms with Gasteiger partial charge in [-0.2, -0.15) is 0 Å². The Morgan fingerprint density at radius 2 is 1.79 bits per heavy atom. The monoisotopic (exact) mass is 447 g/mol. The van der Waals surface area contributed by atoms with Gasteiger partial charge in [-0.25, -0.2) is 4.98 Å². The van der Waals surface area contributed by atoms with Crippen molar-refractivity contribution in [3.8, 4) is 11.5 Å². The summed E-state index contributed by atoms with van der Waals surface area (Å²) in [6.45, 7) is 3.38. The third kappa shape index (κ3) is 5.96. The Morgan fingerprint density at radius 1 is 1.00 bits per heavy atom. The lowest BCUT2D eigenvalue weighted by Gasteiger charge is -2.29. The van der Waals surface area contributed by atoms with E-state index in [2.05, 4.69) is 15.6 Å². The summed E-state index contributed by atoms with van der Waals surface area (Å²) in [5, 5.41) is 16.1. The summed E-state index contributed by atoms with van der Waals surface area (Å²) in [7, 11) is 0. The molecule has 1 aliphatic rings. The van der Waals surface area contributed by atoms with Gasteiger partial charge < -0.3 is 20.5 Å². The van der Waals surface area contributed by atoms with Gasteiger partial charge in [0.25, 0.3) is 0 Å². The number of anilines is 2. The molecule has 3 aromatic rings. The van der Waals surface area contributed by atoms with Crippen LogP contribution in [-0.2, 0) is 22.4 Å². The second kappa shape index (κ2) is 10.3. The van der Waals surface area contributed by atoms with Crippen LogP contribution in [-0.4, -0.2) is 28.0 Å². The van der Waals surface area contributed by atoms with Crippen LogP contribution in [0, 0.1) is 12.8 Å². The van der Waals surface area contributed by atoms with Crippen molar-refractivity contribution in [2.75, 3.05) is 10.6 Å². The van der Waals surface area contributed by atoms with Crippen LogP contribution in [0.3, 0.4) is 0 Å². The van der Waals surface area contributed by atoms with Crippen molar-refractivity contribution in [1.29, 1.82) is 0 Å². The van der Waals surface area contributed by atoms with E-state index in [0.717, 1.165) is 22.4 Å². The zero-order valence-corrected chi connectivity index (χ0v) is 18.0. The first-order valence-corrected chi connectivity index (χ1v) is 10.5. The highest BCUT2D eigenvalue weighted by Gasteiger charge is 2.32. The molecular formula is C26H29N3O4. The molecule has 3 N–H and O–H groups in total. The number of nitrogens with zero attached hydrogens (tertiary/aromatic N) is 1. The lowest BCUT2D eigenvalue weighted by molar-refractivity contribution is -0.123. The Balaban J connectivity index is 0.00000306. The summed E-state index contributed by atoms with van der Waals surface area (Å²) < 4.78 is 5.94. The number of amides is 2. The van der Waals surface area contributed by atoms with Gasteiger partial charge in [0.05, 0.1) is 12.0 Å². The summed E-state index contributed by atoms with van der Waals surface area (Å²) in [5.74, 6) is 0.590. The van der Waals surface area contributed by atoms with Crippen molar-refractivity contribution in [2.24, 2.45) is 5.92 Å². The number of aromatic nitrogens is 1. The number of rotatable bonds is 5. The molecule has 1 heterocycles. The van der Waals surface area contributed by atoms with E-state index >= 15 is 0 Å². The number of carbonyl (C=O) groups is 2. The van der Waals surface area contributed by atoms with Crippen LogP contribution >= 0.6 is 0 Å². The van der Waals surface area contributed by atoms with E-state index in [4.69, 9.17) is 4.74 Å². The summed E-state index contributed by atoms with van der Waals surface area (Å²) >= 11 is 0. The largest absolute Gasteiger partial charge is 0.457 e. The van der Waals surface area contributed by atoms with Crippen molar-refractivity contribution in [3.05, 3.63) is 77.5 Å². The Morgan fingerprint density at radius 3 is 2.55 bits per heavy atom. The molecule has 0 saturated carbocycles. The van der Waals surface area contributed by atoms with Crippen LogP contribution in [0.4, 0.5) is 11.5 Å². The molecule has 1 aliphatic carbocycles. The number of aliphatic hydroxyl groups is 1. The Kier molecular flexibility index (Phi) is 7.45. The van der Waals surface area contributed by atoms with Crippen LogP contribution in [0.1, 0.15) is 31.0 Å². The molecule has 2 unspecified atom stereocenters. The fraction of sp³-hybridized carbons (Fsp3) is 0.269. The van der Waals surface area contributed by atoms with Crippen molar-refractivity contribution < 1.29 is 19.4 Å². The lowest BCUT2D eigenvalue weighted by atomic mass is 9.81. The topological polar surface area (TPSA) is 101 Å². The first kappa shape index (κ1) is 23.9. The normalized spacial score (nSPS) is 16.7. The van der Waals surface area contributed by atoms with E-state index < -0.39 is 12.0 Å². The molecule has 0 bridgehead atoms. The number of fused-ring (bicyclic) bond motifs is 1. The number of pyridine rings is 1. The van der Waals surface area contributed by atoms with Crippen molar-refractivity contribution in [2.45, 2.75) is 40.2 Å². The maximum absolute atomic E-state index is 12.9.